The number of carbonyl (C=O) groups is 2. The van der Waals surface area contributed by atoms with Crippen molar-refractivity contribution >= 4 is 17.8 Å². The summed E-state index contributed by atoms with van der Waals surface area (Å²) < 4.78 is 45.6. The molecule has 3 rings (SSSR count). The van der Waals surface area contributed by atoms with Crippen LogP contribution in [0.15, 0.2) is 60.7 Å². The largest absolute Gasteiger partial charge is 0.461 e. The highest BCUT2D eigenvalue weighted by atomic mass is 19.4. The van der Waals surface area contributed by atoms with Crippen molar-refractivity contribution in [3.8, 4) is 5.69 Å². The number of carbonyl (C=O) groups excluding carboxylic acids is 2. The molecular weight excluding hydrogens is 413 g/mol. The topological polar surface area (TPSA) is 85.2 Å². The van der Waals surface area contributed by atoms with E-state index < -0.39 is 23.7 Å². The van der Waals surface area contributed by atoms with E-state index in [9.17, 15) is 22.8 Å². The summed E-state index contributed by atoms with van der Waals surface area (Å²) in [4.78, 5) is 24.4. The smallest absolute Gasteiger partial charge is 0.416 e. The van der Waals surface area contributed by atoms with Crippen LogP contribution in [0.1, 0.15) is 28.5 Å². The van der Waals surface area contributed by atoms with Crippen LogP contribution in [-0.2, 0) is 17.5 Å². The Morgan fingerprint density at radius 2 is 1.74 bits per heavy atom. The van der Waals surface area contributed by atoms with Crippen LogP contribution in [0.4, 0.5) is 23.8 Å². The maximum Gasteiger partial charge on any atom is 0.416 e. The lowest BCUT2D eigenvalue weighted by Gasteiger charge is -2.14. The van der Waals surface area contributed by atoms with Gasteiger partial charge in [-0.25, -0.2) is 14.3 Å². The van der Waals surface area contributed by atoms with Crippen LogP contribution < -0.4 is 10.6 Å². The number of hydrogen-bond donors (Lipinski definition) is 2. The molecule has 0 fully saturated rings. The number of anilines is 1. The van der Waals surface area contributed by atoms with E-state index in [0.29, 0.717) is 5.69 Å². The minimum Gasteiger partial charge on any atom is -0.461 e. The number of nitrogens with zero attached hydrogens (tertiary/aromatic N) is 2. The van der Waals surface area contributed by atoms with Crippen molar-refractivity contribution in [1.82, 2.24) is 15.1 Å². The molecule has 2 aromatic carbocycles. The summed E-state index contributed by atoms with van der Waals surface area (Å²) >= 11 is 0. The molecule has 0 atom stereocenters. The number of nitrogens with one attached hydrogen (secondary N) is 2. The van der Waals surface area contributed by atoms with E-state index in [1.54, 1.807) is 37.3 Å². The van der Waals surface area contributed by atoms with Crippen molar-refractivity contribution in [3.63, 3.8) is 0 Å². The van der Waals surface area contributed by atoms with E-state index in [2.05, 4.69) is 15.7 Å². The average Bonchev–Trinajstić information content (AvgIpc) is 3.16. The van der Waals surface area contributed by atoms with E-state index >= 15 is 0 Å². The third-order valence-electron chi connectivity index (χ3n) is 4.20. The molecule has 10 heteroatoms. The van der Waals surface area contributed by atoms with E-state index in [4.69, 9.17) is 4.74 Å². The monoisotopic (exact) mass is 432 g/mol. The molecule has 7 nitrogen and oxygen atoms in total. The fraction of sp³-hybridized carbons (Fsp3) is 0.190. The standard InChI is InChI=1S/C21H19F3N4O3/c1-2-31-19(29)17-12-18(28(27-17)15-9-4-3-5-10-15)26-20(30)25-13-14-8-6-7-11-16(14)21(22,23)24/h3-12H,2,13H2,1H3,(H2,25,26,30). The van der Waals surface area contributed by atoms with Gasteiger partial charge in [0.25, 0.3) is 0 Å². The van der Waals surface area contributed by atoms with Gasteiger partial charge in [-0.05, 0) is 30.7 Å². The summed E-state index contributed by atoms with van der Waals surface area (Å²) in [5.41, 5.74) is -0.359. The molecule has 0 aliphatic rings. The summed E-state index contributed by atoms with van der Waals surface area (Å²) in [5, 5.41) is 9.08. The van der Waals surface area contributed by atoms with E-state index in [1.165, 1.54) is 28.9 Å². The van der Waals surface area contributed by atoms with Gasteiger partial charge < -0.3 is 10.1 Å². The van der Waals surface area contributed by atoms with Crippen molar-refractivity contribution in [2.45, 2.75) is 19.6 Å². The van der Waals surface area contributed by atoms with Crippen LogP contribution >= 0.6 is 0 Å². The molecule has 0 unspecified atom stereocenters. The first-order chi connectivity index (χ1) is 14.8. The highest BCUT2D eigenvalue weighted by molar-refractivity contribution is 5.92. The molecule has 31 heavy (non-hydrogen) atoms. The lowest BCUT2D eigenvalue weighted by atomic mass is 10.1. The zero-order chi connectivity index (χ0) is 22.4. The summed E-state index contributed by atoms with van der Waals surface area (Å²) in [6, 6.07) is 14.3. The van der Waals surface area contributed by atoms with Crippen molar-refractivity contribution in [2.75, 3.05) is 11.9 Å². The number of rotatable bonds is 6. The second-order valence-corrected chi connectivity index (χ2v) is 6.35. The SMILES string of the molecule is CCOC(=O)c1cc(NC(=O)NCc2ccccc2C(F)(F)F)n(-c2ccccc2)n1. The molecule has 2 N–H and O–H groups in total. The first kappa shape index (κ1) is 21.9. The average molecular weight is 432 g/mol. The van der Waals surface area contributed by atoms with Gasteiger partial charge >= 0.3 is 18.2 Å². The third kappa shape index (κ3) is 5.41. The second kappa shape index (κ2) is 9.33. The Labute approximate surface area is 175 Å². The summed E-state index contributed by atoms with van der Waals surface area (Å²) in [6.07, 6.45) is -4.53. The molecule has 1 heterocycles. The Bertz CT molecular complexity index is 1070. The van der Waals surface area contributed by atoms with E-state index in [0.717, 1.165) is 6.07 Å². The third-order valence-corrected chi connectivity index (χ3v) is 4.20. The highest BCUT2D eigenvalue weighted by Gasteiger charge is 2.32. The normalized spacial score (nSPS) is 11.1. The van der Waals surface area contributed by atoms with Crippen LogP contribution in [0.3, 0.4) is 0 Å². The van der Waals surface area contributed by atoms with Crippen LogP contribution in [0.25, 0.3) is 5.69 Å². The van der Waals surface area contributed by atoms with Gasteiger partial charge in [-0.3, -0.25) is 5.32 Å². The van der Waals surface area contributed by atoms with Crippen LogP contribution in [0, 0.1) is 0 Å². The van der Waals surface area contributed by atoms with Crippen LogP contribution in [-0.4, -0.2) is 28.4 Å². The number of aromatic nitrogens is 2. The number of esters is 1. The molecule has 0 aliphatic heterocycles. The van der Waals surface area contributed by atoms with Crippen molar-refractivity contribution in [3.05, 3.63) is 77.5 Å². The maximum absolute atomic E-state index is 13.1. The number of benzene rings is 2. The predicted octanol–water partition coefficient (Wildman–Crippen LogP) is 4.39. The van der Waals surface area contributed by atoms with Gasteiger partial charge in [0.15, 0.2) is 5.69 Å². The minimum absolute atomic E-state index is 0.0246. The quantitative estimate of drug-likeness (QED) is 0.566. The van der Waals surface area contributed by atoms with Gasteiger partial charge in [-0.15, -0.1) is 0 Å². The van der Waals surface area contributed by atoms with Gasteiger partial charge in [0, 0.05) is 12.6 Å². The van der Waals surface area contributed by atoms with Crippen molar-refractivity contribution < 1.29 is 27.5 Å². The lowest BCUT2D eigenvalue weighted by Crippen LogP contribution is -2.30. The number of hydrogen-bond acceptors (Lipinski definition) is 4. The van der Waals surface area contributed by atoms with Crippen molar-refractivity contribution in [2.24, 2.45) is 0 Å². The minimum atomic E-state index is -4.53. The van der Waals surface area contributed by atoms with E-state index in [-0.39, 0.29) is 30.2 Å². The highest BCUT2D eigenvalue weighted by Crippen LogP contribution is 2.31. The number of alkyl halides is 3. The van der Waals surface area contributed by atoms with E-state index in [1.807, 2.05) is 0 Å². The lowest BCUT2D eigenvalue weighted by molar-refractivity contribution is -0.138. The molecular formula is C21H19F3N4O3. The van der Waals surface area contributed by atoms with Gasteiger partial charge in [0.05, 0.1) is 17.9 Å². The fourth-order valence-electron chi connectivity index (χ4n) is 2.83. The molecule has 0 spiro atoms. The number of ether oxygens (including phenoxy) is 1. The molecule has 2 amide bonds. The molecule has 0 aliphatic carbocycles. The maximum atomic E-state index is 13.1. The van der Waals surface area contributed by atoms with Gasteiger partial charge in [-0.1, -0.05) is 36.4 Å². The van der Waals surface area contributed by atoms with Crippen LogP contribution in [0.2, 0.25) is 0 Å². The summed E-state index contributed by atoms with van der Waals surface area (Å²) in [7, 11) is 0. The fourth-order valence-corrected chi connectivity index (χ4v) is 2.83. The first-order valence-corrected chi connectivity index (χ1v) is 9.32. The number of amides is 2. The number of urea groups is 1. The Morgan fingerprint density at radius 3 is 2.42 bits per heavy atom. The zero-order valence-corrected chi connectivity index (χ0v) is 16.4. The summed E-state index contributed by atoms with van der Waals surface area (Å²) in [5.74, 6) is -0.518. The molecule has 162 valence electrons. The van der Waals surface area contributed by atoms with Gasteiger partial charge in [0.2, 0.25) is 0 Å². The number of halogens is 3. The molecule has 3 aromatic rings. The van der Waals surface area contributed by atoms with Gasteiger partial charge in [0.1, 0.15) is 5.82 Å². The second-order valence-electron chi connectivity index (χ2n) is 6.35. The Balaban J connectivity index is 1.79. The van der Waals surface area contributed by atoms with Crippen LogP contribution in [0.5, 0.6) is 0 Å². The Kier molecular flexibility index (Phi) is 6.58. The first-order valence-electron chi connectivity index (χ1n) is 9.32. The molecule has 0 saturated heterocycles. The molecule has 0 radical (unpaired) electrons. The molecule has 1 aromatic heterocycles. The Morgan fingerprint density at radius 1 is 1.06 bits per heavy atom. The van der Waals surface area contributed by atoms with Gasteiger partial charge in [-0.2, -0.15) is 18.3 Å². The Hall–Kier alpha value is -3.82. The predicted molar refractivity (Wildman–Crippen MR) is 107 cm³/mol. The summed E-state index contributed by atoms with van der Waals surface area (Å²) in [6.45, 7) is 1.46. The zero-order valence-electron chi connectivity index (χ0n) is 16.4. The van der Waals surface area contributed by atoms with Crippen molar-refractivity contribution in [1.29, 1.82) is 0 Å². The molecule has 0 saturated carbocycles. The molecule has 0 bridgehead atoms. The number of para-hydroxylation sites is 1.